The molecule has 0 fully saturated rings. The van der Waals surface area contributed by atoms with Crippen LogP contribution in [0.2, 0.25) is 0 Å². The number of carbonyl (C=O) groups is 3. The highest BCUT2D eigenvalue weighted by Gasteiger charge is 2.19. The minimum Gasteiger partial charge on any atom is -0.462 e. The Hall–Kier alpha value is -2.63. The Labute approximate surface area is 428 Å². The van der Waals surface area contributed by atoms with Crippen molar-refractivity contribution in [3.8, 4) is 0 Å². The number of esters is 3. The molecule has 0 saturated carbocycles. The van der Waals surface area contributed by atoms with E-state index in [1.807, 2.05) is 0 Å². The molecule has 0 radical (unpaired) electrons. The molecule has 0 aliphatic carbocycles. The van der Waals surface area contributed by atoms with Gasteiger partial charge in [0.15, 0.2) is 6.10 Å². The van der Waals surface area contributed by atoms with Gasteiger partial charge in [-0.1, -0.05) is 262 Å². The maximum atomic E-state index is 12.9. The maximum Gasteiger partial charge on any atom is 0.306 e. The van der Waals surface area contributed by atoms with Crippen molar-refractivity contribution < 1.29 is 28.6 Å². The lowest BCUT2D eigenvalue weighted by Gasteiger charge is -2.18. The largest absolute Gasteiger partial charge is 0.462 e. The Morgan fingerprint density at radius 1 is 0.290 bits per heavy atom. The standard InChI is InChI=1S/C63H114O6/c1-4-7-10-13-16-19-22-25-28-31-33-35-38-41-44-47-50-53-56-62(65)68-59-60(58-67-61(64)55-52-49-46-43-40-37-34-30-27-24-21-18-15-12-9-6-3)69-63(66)57-54-51-48-45-42-39-36-32-29-26-23-20-17-14-11-8-5-2/h17,20,26,29-30,34,36,39,60H,4-16,18-19,21-25,27-28,31-33,35,37-38,40-59H2,1-3H3/b20-17-,29-26-,34-30-,39-36-/t60-/m1/s1. The van der Waals surface area contributed by atoms with E-state index in [1.165, 1.54) is 186 Å². The van der Waals surface area contributed by atoms with Gasteiger partial charge in [0.05, 0.1) is 0 Å². The van der Waals surface area contributed by atoms with Gasteiger partial charge in [-0.05, 0) is 83.5 Å². The minimum atomic E-state index is -0.787. The van der Waals surface area contributed by atoms with E-state index in [9.17, 15) is 14.4 Å². The van der Waals surface area contributed by atoms with Crippen molar-refractivity contribution in [3.05, 3.63) is 48.6 Å². The quantitative estimate of drug-likeness (QED) is 0.0262. The van der Waals surface area contributed by atoms with Gasteiger partial charge in [-0.25, -0.2) is 0 Å². The highest BCUT2D eigenvalue weighted by molar-refractivity contribution is 5.71. The lowest BCUT2D eigenvalue weighted by atomic mass is 10.0. The zero-order valence-electron chi connectivity index (χ0n) is 46.1. The Kier molecular flexibility index (Phi) is 55.7. The van der Waals surface area contributed by atoms with Gasteiger partial charge >= 0.3 is 17.9 Å². The first-order valence-corrected chi connectivity index (χ1v) is 30.1. The minimum absolute atomic E-state index is 0.0817. The molecule has 69 heavy (non-hydrogen) atoms. The summed E-state index contributed by atoms with van der Waals surface area (Å²) >= 11 is 0. The van der Waals surface area contributed by atoms with E-state index >= 15 is 0 Å². The number of ether oxygens (including phenoxy) is 3. The van der Waals surface area contributed by atoms with Crippen LogP contribution in [0, 0.1) is 0 Å². The Bertz CT molecular complexity index is 1200. The van der Waals surface area contributed by atoms with Crippen LogP contribution in [-0.2, 0) is 28.6 Å². The van der Waals surface area contributed by atoms with E-state index in [0.717, 1.165) is 89.9 Å². The van der Waals surface area contributed by atoms with Gasteiger partial charge in [0.25, 0.3) is 0 Å². The second kappa shape index (κ2) is 57.9. The fourth-order valence-electron chi connectivity index (χ4n) is 8.74. The SMILES string of the molecule is CCCCC/C=C\C/C=C\C/C=C\CCCCCCC(=O)O[C@H](COC(=O)CCCCCCC/C=C\CCCCCCCCC)COC(=O)CCCCCCCCCCCCCCCCCCCC. The van der Waals surface area contributed by atoms with E-state index in [2.05, 4.69) is 69.4 Å². The van der Waals surface area contributed by atoms with E-state index < -0.39 is 6.10 Å². The van der Waals surface area contributed by atoms with Crippen LogP contribution in [0.25, 0.3) is 0 Å². The average Bonchev–Trinajstić information content (AvgIpc) is 3.35. The van der Waals surface area contributed by atoms with Gasteiger partial charge in [0, 0.05) is 19.3 Å². The molecule has 402 valence electrons. The molecule has 0 aromatic heterocycles. The molecule has 6 nitrogen and oxygen atoms in total. The molecule has 0 rings (SSSR count). The molecule has 0 bridgehead atoms. The van der Waals surface area contributed by atoms with Crippen LogP contribution in [0.3, 0.4) is 0 Å². The fourth-order valence-corrected chi connectivity index (χ4v) is 8.74. The Morgan fingerprint density at radius 2 is 0.522 bits per heavy atom. The summed E-state index contributed by atoms with van der Waals surface area (Å²) in [6, 6.07) is 0. The van der Waals surface area contributed by atoms with E-state index in [0.29, 0.717) is 19.3 Å². The molecule has 0 aliphatic heterocycles. The van der Waals surface area contributed by atoms with Crippen LogP contribution < -0.4 is 0 Å². The molecule has 0 amide bonds. The normalized spacial score (nSPS) is 12.3. The summed E-state index contributed by atoms with van der Waals surface area (Å²) in [7, 11) is 0. The number of allylic oxidation sites excluding steroid dienone is 8. The monoisotopic (exact) mass is 967 g/mol. The molecule has 0 aliphatic rings. The van der Waals surface area contributed by atoms with Crippen molar-refractivity contribution in [2.75, 3.05) is 13.2 Å². The highest BCUT2D eigenvalue weighted by Crippen LogP contribution is 2.16. The van der Waals surface area contributed by atoms with Crippen molar-refractivity contribution in [3.63, 3.8) is 0 Å². The van der Waals surface area contributed by atoms with Crippen molar-refractivity contribution in [2.24, 2.45) is 0 Å². The molecular formula is C63H114O6. The van der Waals surface area contributed by atoms with Crippen LogP contribution in [0.15, 0.2) is 48.6 Å². The Morgan fingerprint density at radius 3 is 0.855 bits per heavy atom. The third-order valence-electron chi connectivity index (χ3n) is 13.3. The number of hydrogen-bond acceptors (Lipinski definition) is 6. The predicted molar refractivity (Wildman–Crippen MR) is 298 cm³/mol. The first-order valence-electron chi connectivity index (χ1n) is 30.1. The smallest absolute Gasteiger partial charge is 0.306 e. The van der Waals surface area contributed by atoms with E-state index in [-0.39, 0.29) is 31.1 Å². The van der Waals surface area contributed by atoms with Crippen molar-refractivity contribution in [1.82, 2.24) is 0 Å². The van der Waals surface area contributed by atoms with Crippen LogP contribution in [0.4, 0.5) is 0 Å². The summed E-state index contributed by atoms with van der Waals surface area (Å²) in [5, 5.41) is 0. The van der Waals surface area contributed by atoms with Gasteiger partial charge in [-0.2, -0.15) is 0 Å². The number of unbranched alkanes of at least 4 members (excludes halogenated alkanes) is 36. The second-order valence-electron chi connectivity index (χ2n) is 20.3. The van der Waals surface area contributed by atoms with Gasteiger partial charge in [-0.15, -0.1) is 0 Å². The van der Waals surface area contributed by atoms with E-state index in [1.54, 1.807) is 0 Å². The molecule has 0 saturated heterocycles. The number of rotatable bonds is 55. The molecule has 0 heterocycles. The van der Waals surface area contributed by atoms with E-state index in [4.69, 9.17) is 14.2 Å². The lowest BCUT2D eigenvalue weighted by molar-refractivity contribution is -0.167. The third kappa shape index (κ3) is 56.2. The van der Waals surface area contributed by atoms with Gasteiger partial charge in [0.2, 0.25) is 0 Å². The first-order chi connectivity index (χ1) is 34.0. The maximum absolute atomic E-state index is 12.9. The fraction of sp³-hybridized carbons (Fsp3) is 0.825. The lowest BCUT2D eigenvalue weighted by Crippen LogP contribution is -2.30. The van der Waals surface area contributed by atoms with Crippen LogP contribution >= 0.6 is 0 Å². The van der Waals surface area contributed by atoms with Crippen LogP contribution in [0.1, 0.15) is 316 Å². The van der Waals surface area contributed by atoms with Crippen molar-refractivity contribution >= 4 is 17.9 Å². The molecule has 1 atom stereocenters. The summed E-state index contributed by atoms with van der Waals surface area (Å²) in [5.41, 5.74) is 0. The number of carbonyl (C=O) groups excluding carboxylic acids is 3. The topological polar surface area (TPSA) is 78.9 Å². The van der Waals surface area contributed by atoms with Gasteiger partial charge in [0.1, 0.15) is 13.2 Å². The third-order valence-corrected chi connectivity index (χ3v) is 13.3. The molecule has 0 N–H and O–H groups in total. The average molecular weight is 968 g/mol. The molecule has 0 unspecified atom stereocenters. The second-order valence-corrected chi connectivity index (χ2v) is 20.3. The van der Waals surface area contributed by atoms with Gasteiger partial charge < -0.3 is 14.2 Å². The summed E-state index contributed by atoms with van der Waals surface area (Å²) in [6.07, 6.45) is 71.0. The molecule has 0 aromatic rings. The molecular weight excluding hydrogens is 853 g/mol. The zero-order valence-corrected chi connectivity index (χ0v) is 46.1. The molecule has 6 heteroatoms. The van der Waals surface area contributed by atoms with Crippen LogP contribution in [0.5, 0.6) is 0 Å². The molecule has 0 spiro atoms. The summed E-state index contributed by atoms with van der Waals surface area (Å²) in [6.45, 7) is 6.63. The summed E-state index contributed by atoms with van der Waals surface area (Å²) in [4.78, 5) is 38.2. The zero-order chi connectivity index (χ0) is 50.0. The summed E-state index contributed by atoms with van der Waals surface area (Å²) < 4.78 is 16.9. The molecule has 0 aromatic carbocycles. The Balaban J connectivity index is 4.39. The first kappa shape index (κ1) is 66.4. The van der Waals surface area contributed by atoms with Crippen molar-refractivity contribution in [2.45, 2.75) is 322 Å². The van der Waals surface area contributed by atoms with Crippen LogP contribution in [-0.4, -0.2) is 37.2 Å². The van der Waals surface area contributed by atoms with Gasteiger partial charge in [-0.3, -0.25) is 14.4 Å². The summed E-state index contributed by atoms with van der Waals surface area (Å²) in [5.74, 6) is -0.895. The van der Waals surface area contributed by atoms with Crippen molar-refractivity contribution in [1.29, 1.82) is 0 Å². The highest BCUT2D eigenvalue weighted by atomic mass is 16.6. The predicted octanol–water partition coefficient (Wildman–Crippen LogP) is 20.2. The number of hydrogen-bond donors (Lipinski definition) is 0.